The van der Waals surface area contributed by atoms with Crippen molar-refractivity contribution in [1.82, 2.24) is 10.6 Å². The molecule has 0 spiro atoms. The van der Waals surface area contributed by atoms with Crippen molar-refractivity contribution in [2.75, 3.05) is 0 Å². The fourth-order valence-corrected chi connectivity index (χ4v) is 2.42. The highest BCUT2D eigenvalue weighted by Gasteiger charge is 2.16. The van der Waals surface area contributed by atoms with Gasteiger partial charge in [0.05, 0.1) is 6.04 Å². The highest BCUT2D eigenvalue weighted by atomic mass is 35.5. The number of rotatable bonds is 7. The minimum absolute atomic E-state index is 0. The second-order valence-electron chi connectivity index (χ2n) is 6.86. The van der Waals surface area contributed by atoms with Crippen molar-refractivity contribution in [3.8, 4) is 0 Å². The van der Waals surface area contributed by atoms with Crippen LogP contribution in [0.2, 0.25) is 0 Å². The first-order valence-corrected chi connectivity index (χ1v) is 8.83. The molecule has 2 aromatic rings. The molecule has 0 saturated heterocycles. The first-order chi connectivity index (χ1) is 12.4. The van der Waals surface area contributed by atoms with Gasteiger partial charge in [-0.2, -0.15) is 0 Å². The molecule has 0 aliphatic heterocycles. The molecule has 0 unspecified atom stereocenters. The Balaban J connectivity index is 0.00000364. The highest BCUT2D eigenvalue weighted by Crippen LogP contribution is 2.07. The largest absolute Gasteiger partial charge is 0.351 e. The molecule has 0 aliphatic rings. The van der Waals surface area contributed by atoms with Crippen molar-refractivity contribution in [3.05, 3.63) is 70.8 Å². The smallest absolute Gasteiger partial charge is 0.251 e. The van der Waals surface area contributed by atoms with E-state index in [1.807, 2.05) is 57.2 Å². The molecule has 0 fully saturated rings. The average molecular weight is 390 g/mol. The third-order valence-electron chi connectivity index (χ3n) is 4.25. The maximum Gasteiger partial charge on any atom is 0.251 e. The highest BCUT2D eigenvalue weighted by molar-refractivity contribution is 5.94. The van der Waals surface area contributed by atoms with Crippen LogP contribution in [-0.4, -0.2) is 17.9 Å². The van der Waals surface area contributed by atoms with Gasteiger partial charge in [0.1, 0.15) is 0 Å². The number of hydrogen-bond acceptors (Lipinski definition) is 3. The first kappa shape index (κ1) is 22.7. The van der Waals surface area contributed by atoms with Gasteiger partial charge in [-0.15, -0.1) is 12.4 Å². The summed E-state index contributed by atoms with van der Waals surface area (Å²) in [6, 6.07) is 14.7. The molecule has 1 atom stereocenters. The van der Waals surface area contributed by atoms with Crippen LogP contribution in [0.1, 0.15) is 40.9 Å². The summed E-state index contributed by atoms with van der Waals surface area (Å²) in [7, 11) is 0. The van der Waals surface area contributed by atoms with E-state index in [9.17, 15) is 9.59 Å². The Morgan fingerprint density at radius 1 is 0.963 bits per heavy atom. The summed E-state index contributed by atoms with van der Waals surface area (Å²) in [4.78, 5) is 24.3. The second-order valence-corrected chi connectivity index (χ2v) is 6.86. The van der Waals surface area contributed by atoms with Crippen LogP contribution in [0, 0.1) is 12.8 Å². The Morgan fingerprint density at radius 3 is 2.22 bits per heavy atom. The molecule has 2 amide bonds. The SMILES string of the molecule is Cc1ccc(CNC(=O)c2cccc(CNC(=O)[C@@H](N)C(C)C)c2)cc1.Cl. The molecule has 0 heterocycles. The van der Waals surface area contributed by atoms with Crippen LogP contribution in [0.15, 0.2) is 48.5 Å². The van der Waals surface area contributed by atoms with Crippen LogP contribution in [-0.2, 0) is 17.9 Å². The van der Waals surface area contributed by atoms with E-state index in [-0.39, 0.29) is 30.1 Å². The number of amides is 2. The van der Waals surface area contributed by atoms with E-state index in [2.05, 4.69) is 10.6 Å². The minimum atomic E-state index is -0.531. The van der Waals surface area contributed by atoms with E-state index < -0.39 is 6.04 Å². The molecule has 5 nitrogen and oxygen atoms in total. The monoisotopic (exact) mass is 389 g/mol. The fourth-order valence-electron chi connectivity index (χ4n) is 2.42. The number of nitrogens with one attached hydrogen (secondary N) is 2. The number of carbonyl (C=O) groups excluding carboxylic acids is 2. The quantitative estimate of drug-likeness (QED) is 0.680. The summed E-state index contributed by atoms with van der Waals surface area (Å²) in [6.45, 7) is 6.66. The lowest BCUT2D eigenvalue weighted by atomic mass is 10.0. The second kappa shape index (κ2) is 10.7. The Labute approximate surface area is 167 Å². The number of carbonyl (C=O) groups is 2. The predicted molar refractivity (Wildman–Crippen MR) is 111 cm³/mol. The average Bonchev–Trinajstić information content (AvgIpc) is 2.64. The van der Waals surface area contributed by atoms with Crippen molar-refractivity contribution in [3.63, 3.8) is 0 Å². The Bertz CT molecular complexity index is 760. The lowest BCUT2D eigenvalue weighted by Gasteiger charge is -2.15. The molecule has 27 heavy (non-hydrogen) atoms. The minimum Gasteiger partial charge on any atom is -0.351 e. The number of halogens is 1. The van der Waals surface area contributed by atoms with Gasteiger partial charge in [-0.1, -0.05) is 55.8 Å². The van der Waals surface area contributed by atoms with E-state index in [4.69, 9.17) is 5.73 Å². The topological polar surface area (TPSA) is 84.2 Å². The zero-order chi connectivity index (χ0) is 19.1. The van der Waals surface area contributed by atoms with E-state index in [1.165, 1.54) is 5.56 Å². The zero-order valence-corrected chi connectivity index (χ0v) is 16.8. The summed E-state index contributed by atoms with van der Waals surface area (Å²) >= 11 is 0. The molecule has 146 valence electrons. The van der Waals surface area contributed by atoms with Crippen molar-refractivity contribution < 1.29 is 9.59 Å². The Morgan fingerprint density at radius 2 is 1.59 bits per heavy atom. The van der Waals surface area contributed by atoms with E-state index >= 15 is 0 Å². The lowest BCUT2D eigenvalue weighted by molar-refractivity contribution is -0.123. The van der Waals surface area contributed by atoms with Crippen molar-refractivity contribution >= 4 is 24.2 Å². The van der Waals surface area contributed by atoms with Crippen molar-refractivity contribution in [1.29, 1.82) is 0 Å². The van der Waals surface area contributed by atoms with Crippen LogP contribution in [0.25, 0.3) is 0 Å². The Kier molecular flexibility index (Phi) is 8.98. The summed E-state index contributed by atoms with van der Waals surface area (Å²) < 4.78 is 0. The first-order valence-electron chi connectivity index (χ1n) is 8.83. The third-order valence-corrected chi connectivity index (χ3v) is 4.25. The van der Waals surface area contributed by atoms with Gasteiger partial charge < -0.3 is 16.4 Å². The number of hydrogen-bond donors (Lipinski definition) is 3. The van der Waals surface area contributed by atoms with Crippen LogP contribution >= 0.6 is 12.4 Å². The molecule has 0 saturated carbocycles. The summed E-state index contributed by atoms with van der Waals surface area (Å²) in [5.41, 5.74) is 9.49. The molecular weight excluding hydrogens is 362 g/mol. The van der Waals surface area contributed by atoms with Gasteiger partial charge in [0, 0.05) is 18.7 Å². The van der Waals surface area contributed by atoms with Crippen LogP contribution in [0.4, 0.5) is 0 Å². The third kappa shape index (κ3) is 7.04. The molecule has 0 radical (unpaired) electrons. The normalized spacial score (nSPS) is 11.4. The van der Waals surface area contributed by atoms with Crippen molar-refractivity contribution in [2.45, 2.75) is 39.9 Å². The molecule has 2 rings (SSSR count). The van der Waals surface area contributed by atoms with Crippen LogP contribution < -0.4 is 16.4 Å². The van der Waals surface area contributed by atoms with Gasteiger partial charge in [-0.3, -0.25) is 9.59 Å². The predicted octanol–water partition coefficient (Wildman–Crippen LogP) is 2.95. The molecule has 0 aliphatic carbocycles. The summed E-state index contributed by atoms with van der Waals surface area (Å²) in [6.07, 6.45) is 0. The van der Waals surface area contributed by atoms with E-state index in [1.54, 1.807) is 12.1 Å². The van der Waals surface area contributed by atoms with Gasteiger partial charge in [0.15, 0.2) is 0 Å². The lowest BCUT2D eigenvalue weighted by Crippen LogP contribution is -2.43. The molecule has 0 aromatic heterocycles. The van der Waals surface area contributed by atoms with Gasteiger partial charge in [0.2, 0.25) is 5.91 Å². The molecule has 6 heteroatoms. The molecule has 4 N–H and O–H groups in total. The molecular formula is C21H28ClN3O2. The van der Waals surface area contributed by atoms with Crippen LogP contribution in [0.3, 0.4) is 0 Å². The van der Waals surface area contributed by atoms with E-state index in [0.29, 0.717) is 18.7 Å². The zero-order valence-electron chi connectivity index (χ0n) is 16.0. The van der Waals surface area contributed by atoms with Crippen molar-refractivity contribution in [2.24, 2.45) is 11.7 Å². The van der Waals surface area contributed by atoms with Gasteiger partial charge >= 0.3 is 0 Å². The summed E-state index contributed by atoms with van der Waals surface area (Å²) in [5, 5.41) is 5.73. The van der Waals surface area contributed by atoms with Gasteiger partial charge in [-0.25, -0.2) is 0 Å². The maximum absolute atomic E-state index is 12.4. The fraction of sp³-hybridized carbons (Fsp3) is 0.333. The summed E-state index contributed by atoms with van der Waals surface area (Å²) in [5.74, 6) is -0.249. The van der Waals surface area contributed by atoms with Crippen LogP contribution in [0.5, 0.6) is 0 Å². The number of nitrogens with two attached hydrogens (primary N) is 1. The molecule has 0 bridgehead atoms. The maximum atomic E-state index is 12.4. The Hall–Kier alpha value is -2.37. The van der Waals surface area contributed by atoms with E-state index in [0.717, 1.165) is 11.1 Å². The molecule has 2 aromatic carbocycles. The standard InChI is InChI=1S/C21H27N3O2.ClH/c1-14(2)19(22)21(26)24-13-17-5-4-6-18(11-17)20(25)23-12-16-9-7-15(3)8-10-16;/h4-11,14,19H,12-13,22H2,1-3H3,(H,23,25)(H,24,26);1H/t19-;/m0./s1. The number of benzene rings is 2. The number of aryl methyl sites for hydroxylation is 1. The van der Waals surface area contributed by atoms with Gasteiger partial charge in [-0.05, 0) is 36.1 Å². The van der Waals surface area contributed by atoms with Gasteiger partial charge in [0.25, 0.3) is 5.91 Å².